The van der Waals surface area contributed by atoms with Crippen molar-refractivity contribution in [2.45, 2.75) is 26.2 Å². The van der Waals surface area contributed by atoms with Crippen LogP contribution in [0.2, 0.25) is 0 Å². The van der Waals surface area contributed by atoms with Crippen LogP contribution in [0.4, 0.5) is 0 Å². The molecule has 1 aliphatic rings. The first-order valence-electron chi connectivity index (χ1n) is 6.40. The Hall–Kier alpha value is -1.15. The van der Waals surface area contributed by atoms with Crippen molar-refractivity contribution < 1.29 is 27.9 Å². The number of hydrogen-bond donors (Lipinski definition) is 1. The van der Waals surface area contributed by atoms with E-state index in [1.165, 1.54) is 21.1 Å². The molecule has 0 aromatic carbocycles. The first-order chi connectivity index (χ1) is 9.14. The first kappa shape index (κ1) is 16.9. The molecular formula is C12H21NO6S. The summed E-state index contributed by atoms with van der Waals surface area (Å²) in [4.78, 5) is 22.5. The van der Waals surface area contributed by atoms with Gasteiger partial charge in [0.1, 0.15) is 0 Å². The van der Waals surface area contributed by atoms with Crippen molar-refractivity contribution in [2.24, 2.45) is 11.3 Å². The van der Waals surface area contributed by atoms with Gasteiger partial charge in [-0.25, -0.2) is 12.7 Å². The summed E-state index contributed by atoms with van der Waals surface area (Å²) in [6.07, 6.45) is 1.77. The summed E-state index contributed by atoms with van der Waals surface area (Å²) in [7, 11) is -1.12. The minimum Gasteiger partial charge on any atom is -0.481 e. The van der Waals surface area contributed by atoms with E-state index in [2.05, 4.69) is 4.74 Å². The molecule has 1 rings (SSSR count). The summed E-state index contributed by atoms with van der Waals surface area (Å²) in [5.41, 5.74) is -0.964. The van der Waals surface area contributed by atoms with E-state index in [-0.39, 0.29) is 12.3 Å². The largest absolute Gasteiger partial charge is 0.481 e. The Balaban J connectivity index is 2.78. The molecule has 0 radical (unpaired) electrons. The van der Waals surface area contributed by atoms with Crippen LogP contribution in [0.1, 0.15) is 26.2 Å². The van der Waals surface area contributed by atoms with Crippen molar-refractivity contribution in [3.8, 4) is 0 Å². The monoisotopic (exact) mass is 307 g/mol. The van der Waals surface area contributed by atoms with Gasteiger partial charge < -0.3 is 9.84 Å². The van der Waals surface area contributed by atoms with E-state index in [9.17, 15) is 18.0 Å². The molecule has 1 unspecified atom stereocenters. The van der Waals surface area contributed by atoms with Crippen molar-refractivity contribution >= 4 is 22.0 Å². The van der Waals surface area contributed by atoms with Crippen LogP contribution in [0.25, 0.3) is 0 Å². The van der Waals surface area contributed by atoms with Crippen molar-refractivity contribution in [3.63, 3.8) is 0 Å². The molecule has 1 fully saturated rings. The minimum absolute atomic E-state index is 0.116. The predicted octanol–water partition coefficient (Wildman–Crippen LogP) is 0.312. The minimum atomic E-state index is -3.69. The van der Waals surface area contributed by atoms with Crippen molar-refractivity contribution in [1.29, 1.82) is 0 Å². The third kappa shape index (κ3) is 3.49. The maximum atomic E-state index is 12.2. The number of carbonyl (C=O) groups excluding carboxylic acids is 1. The van der Waals surface area contributed by atoms with Gasteiger partial charge in [0.25, 0.3) is 0 Å². The maximum absolute atomic E-state index is 12.2. The van der Waals surface area contributed by atoms with Gasteiger partial charge in [-0.05, 0) is 12.8 Å². The van der Waals surface area contributed by atoms with E-state index in [4.69, 9.17) is 5.11 Å². The SMILES string of the molecule is COC(=O)C1(CS(=O)(=O)N(C)CC(C)C(=O)O)CCC1. The Morgan fingerprint density at radius 2 is 1.95 bits per heavy atom. The highest BCUT2D eigenvalue weighted by Crippen LogP contribution is 2.43. The van der Waals surface area contributed by atoms with E-state index >= 15 is 0 Å². The molecule has 1 saturated carbocycles. The summed E-state index contributed by atoms with van der Waals surface area (Å²) >= 11 is 0. The van der Waals surface area contributed by atoms with Gasteiger partial charge in [-0.2, -0.15) is 0 Å². The van der Waals surface area contributed by atoms with Crippen LogP contribution >= 0.6 is 0 Å². The highest BCUT2D eigenvalue weighted by Gasteiger charge is 2.49. The number of sulfonamides is 1. The van der Waals surface area contributed by atoms with Gasteiger partial charge in [-0.15, -0.1) is 0 Å². The normalized spacial score (nSPS) is 19.2. The van der Waals surface area contributed by atoms with Gasteiger partial charge in [-0.1, -0.05) is 13.3 Å². The second kappa shape index (κ2) is 6.09. The third-order valence-corrected chi connectivity index (χ3v) is 5.83. The Morgan fingerprint density at radius 1 is 1.40 bits per heavy atom. The number of carboxylic acids is 1. The van der Waals surface area contributed by atoms with E-state index in [1.54, 1.807) is 0 Å². The smallest absolute Gasteiger partial charge is 0.312 e. The maximum Gasteiger partial charge on any atom is 0.312 e. The molecule has 0 spiro atoms. The molecule has 1 aliphatic carbocycles. The van der Waals surface area contributed by atoms with Gasteiger partial charge in [0.15, 0.2) is 0 Å². The Bertz CT molecular complexity index is 482. The number of aliphatic carboxylic acids is 1. The fourth-order valence-corrected chi connectivity index (χ4v) is 4.04. The molecular weight excluding hydrogens is 286 g/mol. The Kier molecular flexibility index (Phi) is 5.15. The van der Waals surface area contributed by atoms with Crippen LogP contribution < -0.4 is 0 Å². The zero-order valence-corrected chi connectivity index (χ0v) is 12.8. The van der Waals surface area contributed by atoms with E-state index in [0.717, 1.165) is 10.7 Å². The Labute approximate surface area is 118 Å². The van der Waals surface area contributed by atoms with Gasteiger partial charge in [0, 0.05) is 13.6 Å². The fraction of sp³-hybridized carbons (Fsp3) is 0.833. The lowest BCUT2D eigenvalue weighted by atomic mass is 9.70. The third-order valence-electron chi connectivity index (χ3n) is 3.82. The fourth-order valence-electron chi connectivity index (χ4n) is 2.26. The number of hydrogen-bond acceptors (Lipinski definition) is 5. The number of esters is 1. The Morgan fingerprint density at radius 3 is 2.30 bits per heavy atom. The molecule has 0 aliphatic heterocycles. The zero-order valence-electron chi connectivity index (χ0n) is 12.0. The number of carboxylic acid groups (broad SMARTS) is 1. The molecule has 0 amide bonds. The second-order valence-corrected chi connectivity index (χ2v) is 7.48. The van der Waals surface area contributed by atoms with Crippen LogP contribution in [0, 0.1) is 11.3 Å². The standard InChI is InChI=1S/C12H21NO6S/c1-9(10(14)15)7-13(2)20(17,18)8-12(5-4-6-12)11(16)19-3/h9H,4-8H2,1-3H3,(H,14,15). The molecule has 0 saturated heterocycles. The summed E-state index contributed by atoms with van der Waals surface area (Å²) in [5.74, 6) is -2.69. The van der Waals surface area contributed by atoms with Crippen LogP contribution in [0.3, 0.4) is 0 Å². The topological polar surface area (TPSA) is 101 Å². The lowest BCUT2D eigenvalue weighted by Crippen LogP contribution is -2.48. The summed E-state index contributed by atoms with van der Waals surface area (Å²) in [6, 6.07) is 0. The molecule has 1 N–H and O–H groups in total. The molecule has 0 aromatic heterocycles. The highest BCUT2D eigenvalue weighted by molar-refractivity contribution is 7.89. The first-order valence-corrected chi connectivity index (χ1v) is 8.01. The average Bonchev–Trinajstić information content (AvgIpc) is 2.32. The summed E-state index contributed by atoms with van der Waals surface area (Å²) < 4.78 is 30.2. The number of carbonyl (C=O) groups is 2. The number of ether oxygens (including phenoxy) is 1. The number of methoxy groups -OCH3 is 1. The highest BCUT2D eigenvalue weighted by atomic mass is 32.2. The van der Waals surface area contributed by atoms with Gasteiger partial charge in [0.05, 0.1) is 24.2 Å². The lowest BCUT2D eigenvalue weighted by molar-refractivity contribution is -0.156. The van der Waals surface area contributed by atoms with Crippen molar-refractivity contribution in [3.05, 3.63) is 0 Å². The molecule has 116 valence electrons. The van der Waals surface area contributed by atoms with Crippen LogP contribution in [0.15, 0.2) is 0 Å². The lowest BCUT2D eigenvalue weighted by Gasteiger charge is -2.39. The molecule has 20 heavy (non-hydrogen) atoms. The molecule has 0 bridgehead atoms. The van der Waals surface area contributed by atoms with Crippen LogP contribution in [-0.2, 0) is 24.3 Å². The summed E-state index contributed by atoms with van der Waals surface area (Å²) in [5, 5.41) is 8.82. The van der Waals surface area contributed by atoms with Crippen molar-refractivity contribution in [2.75, 3.05) is 26.5 Å². The molecule has 8 heteroatoms. The average molecular weight is 307 g/mol. The zero-order chi connectivity index (χ0) is 15.6. The van der Waals surface area contributed by atoms with Crippen LogP contribution in [0.5, 0.6) is 0 Å². The van der Waals surface area contributed by atoms with E-state index < -0.39 is 33.3 Å². The second-order valence-electron chi connectivity index (χ2n) is 5.40. The number of rotatable bonds is 7. The van der Waals surface area contributed by atoms with Gasteiger partial charge >= 0.3 is 11.9 Å². The van der Waals surface area contributed by atoms with Crippen LogP contribution in [-0.4, -0.2) is 56.2 Å². The quantitative estimate of drug-likeness (QED) is 0.679. The summed E-state index contributed by atoms with van der Waals surface area (Å²) in [6.45, 7) is 1.32. The number of nitrogens with zero attached hydrogens (tertiary/aromatic N) is 1. The van der Waals surface area contributed by atoms with E-state index in [1.807, 2.05) is 0 Å². The van der Waals surface area contributed by atoms with E-state index in [0.29, 0.717) is 12.8 Å². The molecule has 0 heterocycles. The molecule has 7 nitrogen and oxygen atoms in total. The molecule has 0 aromatic rings. The van der Waals surface area contributed by atoms with Gasteiger partial charge in [0.2, 0.25) is 10.0 Å². The van der Waals surface area contributed by atoms with Gasteiger partial charge in [-0.3, -0.25) is 9.59 Å². The predicted molar refractivity (Wildman–Crippen MR) is 71.5 cm³/mol. The van der Waals surface area contributed by atoms with Crippen molar-refractivity contribution in [1.82, 2.24) is 4.31 Å². The molecule has 1 atom stereocenters.